The molecular formula is C22H21ClN2O4S. The molecule has 0 aliphatic carbocycles. The summed E-state index contributed by atoms with van der Waals surface area (Å²) in [6.45, 7) is 2.11. The molecule has 0 saturated carbocycles. The number of carbonyl (C=O) groups excluding carboxylic acids is 1. The summed E-state index contributed by atoms with van der Waals surface area (Å²) in [6.07, 6.45) is 0. The number of hydrogen-bond acceptors (Lipinski definition) is 4. The summed E-state index contributed by atoms with van der Waals surface area (Å²) in [7, 11) is -4.08. The van der Waals surface area contributed by atoms with E-state index in [0.29, 0.717) is 5.69 Å². The number of hydrogen-bond donors (Lipinski definition) is 1. The number of para-hydroxylation sites is 1. The number of nitrogens with zero attached hydrogens (tertiary/aromatic N) is 1. The Morgan fingerprint density at radius 3 is 2.27 bits per heavy atom. The third-order valence-electron chi connectivity index (χ3n) is 4.28. The van der Waals surface area contributed by atoms with Crippen LogP contribution >= 0.6 is 11.6 Å². The first-order valence-corrected chi connectivity index (χ1v) is 11.1. The van der Waals surface area contributed by atoms with E-state index < -0.39 is 15.9 Å². The fourth-order valence-corrected chi connectivity index (χ4v) is 4.77. The molecule has 0 aliphatic rings. The first kappa shape index (κ1) is 21.8. The van der Waals surface area contributed by atoms with Gasteiger partial charge in [-0.2, -0.15) is 0 Å². The summed E-state index contributed by atoms with van der Waals surface area (Å²) >= 11 is 6.26. The summed E-state index contributed by atoms with van der Waals surface area (Å²) < 4.78 is 28.5. The topological polar surface area (TPSA) is 75.7 Å². The Kier molecular flexibility index (Phi) is 7.10. The molecular weight excluding hydrogens is 424 g/mol. The van der Waals surface area contributed by atoms with Crippen molar-refractivity contribution in [3.8, 4) is 0 Å². The lowest BCUT2D eigenvalue weighted by atomic mass is 10.2. The smallest absolute Gasteiger partial charge is 0.274 e. The lowest BCUT2D eigenvalue weighted by molar-refractivity contribution is 0.0364. The van der Waals surface area contributed by atoms with Crippen molar-refractivity contribution in [2.75, 3.05) is 10.9 Å². The summed E-state index contributed by atoms with van der Waals surface area (Å²) in [5.41, 5.74) is 3.68. The van der Waals surface area contributed by atoms with Crippen molar-refractivity contribution in [3.63, 3.8) is 0 Å². The summed E-state index contributed by atoms with van der Waals surface area (Å²) in [6, 6.07) is 22.1. The van der Waals surface area contributed by atoms with E-state index in [9.17, 15) is 13.2 Å². The summed E-state index contributed by atoms with van der Waals surface area (Å²) in [5.74, 6) is -0.556. The minimum Gasteiger partial charge on any atom is -0.274 e. The lowest BCUT2D eigenvalue weighted by Gasteiger charge is -2.25. The highest BCUT2D eigenvalue weighted by Crippen LogP contribution is 2.30. The van der Waals surface area contributed by atoms with Crippen LogP contribution in [-0.2, 0) is 21.4 Å². The minimum absolute atomic E-state index is 0.0250. The Labute approximate surface area is 181 Å². The number of benzene rings is 3. The van der Waals surface area contributed by atoms with Gasteiger partial charge in [0.15, 0.2) is 0 Å². The molecule has 0 fully saturated rings. The van der Waals surface area contributed by atoms with Gasteiger partial charge in [0, 0.05) is 5.56 Å². The molecule has 1 N–H and O–H groups in total. The molecule has 0 radical (unpaired) electrons. The van der Waals surface area contributed by atoms with Crippen LogP contribution in [0.2, 0.25) is 5.02 Å². The fraction of sp³-hybridized carbons (Fsp3) is 0.136. The van der Waals surface area contributed by atoms with E-state index in [0.717, 1.165) is 5.56 Å². The van der Waals surface area contributed by atoms with Crippen molar-refractivity contribution in [3.05, 3.63) is 95.0 Å². The zero-order valence-corrected chi connectivity index (χ0v) is 17.9. The number of anilines is 1. The second-order valence-corrected chi connectivity index (χ2v) is 8.58. The van der Waals surface area contributed by atoms with Gasteiger partial charge in [-0.05, 0) is 42.8 Å². The molecule has 0 aromatic heterocycles. The number of carbonyl (C=O) groups is 1. The zero-order valence-electron chi connectivity index (χ0n) is 16.3. The van der Waals surface area contributed by atoms with E-state index in [1.165, 1.54) is 22.5 Å². The van der Waals surface area contributed by atoms with E-state index in [-0.39, 0.29) is 28.6 Å². The Hall–Kier alpha value is -2.87. The van der Waals surface area contributed by atoms with Gasteiger partial charge >= 0.3 is 0 Å². The van der Waals surface area contributed by atoms with Crippen molar-refractivity contribution < 1.29 is 18.0 Å². The van der Waals surface area contributed by atoms with Crippen LogP contribution in [0.3, 0.4) is 0 Å². The third kappa shape index (κ3) is 4.99. The second-order valence-electron chi connectivity index (χ2n) is 6.34. The van der Waals surface area contributed by atoms with Crippen LogP contribution in [0.1, 0.15) is 22.8 Å². The predicted octanol–water partition coefficient (Wildman–Crippen LogP) is 4.42. The molecule has 8 heteroatoms. The van der Waals surface area contributed by atoms with Crippen molar-refractivity contribution in [2.45, 2.75) is 18.4 Å². The summed E-state index contributed by atoms with van der Waals surface area (Å²) in [4.78, 5) is 17.0. The van der Waals surface area contributed by atoms with Crippen molar-refractivity contribution in [2.24, 2.45) is 0 Å². The molecule has 156 valence electrons. The first-order valence-electron chi connectivity index (χ1n) is 9.27. The Morgan fingerprint density at radius 1 is 1.00 bits per heavy atom. The van der Waals surface area contributed by atoms with E-state index in [2.05, 4.69) is 5.48 Å². The van der Waals surface area contributed by atoms with Gasteiger partial charge in [-0.3, -0.25) is 13.9 Å². The highest BCUT2D eigenvalue weighted by Gasteiger charge is 2.28. The van der Waals surface area contributed by atoms with E-state index in [1.54, 1.807) is 31.2 Å². The minimum atomic E-state index is -4.08. The average Bonchev–Trinajstić information content (AvgIpc) is 2.77. The number of nitrogens with one attached hydrogen (secondary N) is 1. The Morgan fingerprint density at radius 2 is 1.63 bits per heavy atom. The van der Waals surface area contributed by atoms with Gasteiger partial charge in [0.05, 0.1) is 23.9 Å². The average molecular weight is 445 g/mol. The van der Waals surface area contributed by atoms with Crippen molar-refractivity contribution >= 4 is 33.2 Å². The molecule has 0 spiro atoms. The van der Waals surface area contributed by atoms with Crippen LogP contribution in [0.15, 0.2) is 83.8 Å². The van der Waals surface area contributed by atoms with Crippen LogP contribution in [-0.4, -0.2) is 20.9 Å². The van der Waals surface area contributed by atoms with Gasteiger partial charge in [-0.1, -0.05) is 60.1 Å². The molecule has 0 aliphatic heterocycles. The van der Waals surface area contributed by atoms with Crippen LogP contribution < -0.4 is 9.79 Å². The summed E-state index contributed by atoms with van der Waals surface area (Å²) in [5, 5.41) is 0.0250. The molecule has 30 heavy (non-hydrogen) atoms. The van der Waals surface area contributed by atoms with Crippen LogP contribution in [0.25, 0.3) is 0 Å². The number of amides is 1. The molecule has 0 bridgehead atoms. The van der Waals surface area contributed by atoms with Crippen molar-refractivity contribution in [1.82, 2.24) is 5.48 Å². The van der Waals surface area contributed by atoms with Gasteiger partial charge < -0.3 is 0 Å². The Bertz CT molecular complexity index is 1110. The van der Waals surface area contributed by atoms with Gasteiger partial charge in [0.2, 0.25) is 0 Å². The fourth-order valence-electron chi connectivity index (χ4n) is 2.82. The van der Waals surface area contributed by atoms with E-state index >= 15 is 0 Å². The van der Waals surface area contributed by atoms with Gasteiger partial charge in [-0.15, -0.1) is 0 Å². The molecule has 0 saturated heterocycles. The van der Waals surface area contributed by atoms with Crippen LogP contribution in [0.4, 0.5) is 5.69 Å². The molecule has 3 aromatic carbocycles. The molecule has 3 rings (SSSR count). The molecule has 0 atom stereocenters. The van der Waals surface area contributed by atoms with E-state index in [4.69, 9.17) is 16.4 Å². The highest BCUT2D eigenvalue weighted by atomic mass is 35.5. The molecule has 0 unspecified atom stereocenters. The van der Waals surface area contributed by atoms with Gasteiger partial charge in [0.1, 0.15) is 4.90 Å². The molecule has 1 amide bonds. The number of sulfonamides is 1. The molecule has 6 nitrogen and oxygen atoms in total. The Balaban J connectivity index is 2.06. The number of hydroxylamine groups is 1. The maximum Gasteiger partial charge on any atom is 0.274 e. The maximum atomic E-state index is 13.6. The quantitative estimate of drug-likeness (QED) is 0.522. The SMILES string of the molecule is CCONC(=O)c1ccc(Cl)c(S(=O)(=O)N(Cc2ccccc2)c2ccccc2)c1. The molecule has 3 aromatic rings. The van der Waals surface area contributed by atoms with Crippen LogP contribution in [0.5, 0.6) is 0 Å². The zero-order chi connectivity index (χ0) is 21.6. The lowest BCUT2D eigenvalue weighted by Crippen LogP contribution is -2.31. The van der Waals surface area contributed by atoms with Crippen LogP contribution in [0, 0.1) is 0 Å². The number of rotatable bonds is 8. The monoisotopic (exact) mass is 444 g/mol. The number of halogens is 1. The van der Waals surface area contributed by atoms with Gasteiger partial charge in [0.25, 0.3) is 15.9 Å². The maximum absolute atomic E-state index is 13.6. The first-order chi connectivity index (χ1) is 14.4. The largest absolute Gasteiger partial charge is 0.274 e. The molecule has 0 heterocycles. The third-order valence-corrected chi connectivity index (χ3v) is 6.54. The highest BCUT2D eigenvalue weighted by molar-refractivity contribution is 7.93. The van der Waals surface area contributed by atoms with Gasteiger partial charge in [-0.25, -0.2) is 13.9 Å². The van der Waals surface area contributed by atoms with E-state index in [1.807, 2.05) is 36.4 Å². The predicted molar refractivity (Wildman–Crippen MR) is 117 cm³/mol. The standard InChI is InChI=1S/C22H21ClN2O4S/c1-2-29-24-22(26)18-13-14-20(23)21(15-18)30(27,28)25(19-11-7-4-8-12-19)16-17-9-5-3-6-10-17/h3-15H,2,16H2,1H3,(H,24,26). The second kappa shape index (κ2) is 9.75. The normalized spacial score (nSPS) is 11.1. The van der Waals surface area contributed by atoms with Crippen molar-refractivity contribution in [1.29, 1.82) is 0 Å².